The Hall–Kier alpha value is -2.41. The van der Waals surface area contributed by atoms with Crippen molar-refractivity contribution < 1.29 is 14.0 Å². The SMILES string of the molecule is CC(C)(CCCN1C(=O)CCCC1=O)N1CCN(c2nccc3occc23)CC1. The van der Waals surface area contributed by atoms with Gasteiger partial charge in [0.2, 0.25) is 11.8 Å². The van der Waals surface area contributed by atoms with Gasteiger partial charge in [0, 0.05) is 57.3 Å². The predicted molar refractivity (Wildman–Crippen MR) is 112 cm³/mol. The molecular weight excluding hydrogens is 368 g/mol. The molecule has 0 N–H and O–H groups in total. The number of hydrogen-bond donors (Lipinski definition) is 0. The number of pyridine rings is 1. The number of hydrogen-bond acceptors (Lipinski definition) is 6. The van der Waals surface area contributed by atoms with Crippen LogP contribution in [0, 0.1) is 0 Å². The van der Waals surface area contributed by atoms with E-state index in [0.29, 0.717) is 25.8 Å². The topological polar surface area (TPSA) is 69.9 Å². The fraction of sp³-hybridized carbons (Fsp3) is 0.591. The molecule has 2 aliphatic rings. The van der Waals surface area contributed by atoms with Crippen molar-refractivity contribution in [2.24, 2.45) is 0 Å². The minimum absolute atomic E-state index is 0.00593. The molecule has 2 aliphatic heterocycles. The van der Waals surface area contributed by atoms with Gasteiger partial charge < -0.3 is 9.32 Å². The van der Waals surface area contributed by atoms with Gasteiger partial charge in [-0.15, -0.1) is 0 Å². The van der Waals surface area contributed by atoms with Crippen molar-refractivity contribution in [3.63, 3.8) is 0 Å². The summed E-state index contributed by atoms with van der Waals surface area (Å²) in [5, 5.41) is 1.07. The van der Waals surface area contributed by atoms with Gasteiger partial charge in [-0.05, 0) is 45.2 Å². The van der Waals surface area contributed by atoms with Gasteiger partial charge in [0.25, 0.3) is 0 Å². The number of piperidine rings is 1. The summed E-state index contributed by atoms with van der Waals surface area (Å²) in [6.07, 6.45) is 7.04. The molecule has 156 valence electrons. The molecule has 0 spiro atoms. The van der Waals surface area contributed by atoms with Crippen LogP contribution in [0.5, 0.6) is 0 Å². The Bertz CT molecular complexity index is 867. The van der Waals surface area contributed by atoms with Gasteiger partial charge in [0.15, 0.2) is 0 Å². The Morgan fingerprint density at radius 3 is 2.52 bits per heavy atom. The number of likely N-dealkylation sites (tertiary alicyclic amines) is 1. The number of aromatic nitrogens is 1. The zero-order chi connectivity index (χ0) is 20.4. The van der Waals surface area contributed by atoms with Gasteiger partial charge in [-0.1, -0.05) is 0 Å². The summed E-state index contributed by atoms with van der Waals surface area (Å²) >= 11 is 0. The van der Waals surface area contributed by atoms with Gasteiger partial charge in [-0.2, -0.15) is 0 Å². The third-order valence-electron chi connectivity index (χ3n) is 6.35. The van der Waals surface area contributed by atoms with Crippen LogP contribution in [0.4, 0.5) is 5.82 Å². The molecule has 0 atom stereocenters. The summed E-state index contributed by atoms with van der Waals surface area (Å²) in [5.74, 6) is 0.984. The third-order valence-corrected chi connectivity index (χ3v) is 6.35. The summed E-state index contributed by atoms with van der Waals surface area (Å²) in [5.41, 5.74) is 0.905. The molecule has 0 bridgehead atoms. The van der Waals surface area contributed by atoms with E-state index < -0.39 is 0 Å². The highest BCUT2D eigenvalue weighted by Crippen LogP contribution is 2.28. The van der Waals surface area contributed by atoms with E-state index in [-0.39, 0.29) is 17.4 Å². The van der Waals surface area contributed by atoms with Gasteiger partial charge in [-0.3, -0.25) is 19.4 Å². The first-order chi connectivity index (χ1) is 14.0. The van der Waals surface area contributed by atoms with E-state index in [4.69, 9.17) is 4.42 Å². The van der Waals surface area contributed by atoms with E-state index in [2.05, 4.69) is 28.6 Å². The zero-order valence-corrected chi connectivity index (χ0v) is 17.4. The number of anilines is 1. The Morgan fingerprint density at radius 1 is 1.07 bits per heavy atom. The molecule has 4 rings (SSSR count). The van der Waals surface area contributed by atoms with Crippen LogP contribution in [-0.2, 0) is 9.59 Å². The molecule has 29 heavy (non-hydrogen) atoms. The first-order valence-corrected chi connectivity index (χ1v) is 10.6. The molecule has 2 fully saturated rings. The van der Waals surface area contributed by atoms with Gasteiger partial charge in [-0.25, -0.2) is 4.98 Å². The second-order valence-electron chi connectivity index (χ2n) is 8.65. The summed E-state index contributed by atoms with van der Waals surface area (Å²) in [4.78, 5) is 34.9. The number of imide groups is 1. The number of carbonyl (C=O) groups is 2. The molecule has 7 nitrogen and oxygen atoms in total. The van der Waals surface area contributed by atoms with E-state index in [0.717, 1.165) is 55.8 Å². The van der Waals surface area contributed by atoms with Crippen LogP contribution in [-0.4, -0.2) is 64.9 Å². The van der Waals surface area contributed by atoms with Crippen molar-refractivity contribution in [3.05, 3.63) is 24.6 Å². The average molecular weight is 399 g/mol. The van der Waals surface area contributed by atoms with Crippen molar-refractivity contribution in [1.82, 2.24) is 14.8 Å². The van der Waals surface area contributed by atoms with Crippen LogP contribution in [0.3, 0.4) is 0 Å². The highest BCUT2D eigenvalue weighted by atomic mass is 16.3. The van der Waals surface area contributed by atoms with E-state index in [9.17, 15) is 9.59 Å². The van der Waals surface area contributed by atoms with Crippen LogP contribution in [0.1, 0.15) is 46.0 Å². The molecule has 7 heteroatoms. The number of carbonyl (C=O) groups excluding carboxylic acids is 2. The van der Waals surface area contributed by atoms with E-state index >= 15 is 0 Å². The second-order valence-corrected chi connectivity index (χ2v) is 8.65. The minimum atomic E-state index is -0.00593. The molecule has 0 radical (unpaired) electrons. The van der Waals surface area contributed by atoms with Crippen molar-refractivity contribution in [2.75, 3.05) is 37.6 Å². The van der Waals surface area contributed by atoms with Gasteiger partial charge in [0.05, 0.1) is 11.6 Å². The van der Waals surface area contributed by atoms with Crippen LogP contribution >= 0.6 is 0 Å². The molecule has 0 saturated carbocycles. The third kappa shape index (κ3) is 4.15. The first kappa shape index (κ1) is 19.9. The summed E-state index contributed by atoms with van der Waals surface area (Å²) < 4.78 is 5.51. The van der Waals surface area contributed by atoms with E-state index in [1.54, 1.807) is 12.5 Å². The molecule has 0 aromatic carbocycles. The zero-order valence-electron chi connectivity index (χ0n) is 17.4. The largest absolute Gasteiger partial charge is 0.464 e. The fourth-order valence-electron chi connectivity index (χ4n) is 4.53. The Morgan fingerprint density at radius 2 is 1.79 bits per heavy atom. The summed E-state index contributed by atoms with van der Waals surface area (Å²) in [7, 11) is 0. The minimum Gasteiger partial charge on any atom is -0.464 e. The number of furan rings is 1. The quantitative estimate of drug-likeness (QED) is 0.697. The van der Waals surface area contributed by atoms with E-state index in [1.165, 1.54) is 4.90 Å². The number of nitrogens with zero attached hydrogens (tertiary/aromatic N) is 4. The molecule has 2 amide bonds. The lowest BCUT2D eigenvalue weighted by Gasteiger charge is -2.44. The number of rotatable bonds is 6. The van der Waals surface area contributed by atoms with Crippen LogP contribution < -0.4 is 4.90 Å². The Balaban J connectivity index is 1.31. The monoisotopic (exact) mass is 398 g/mol. The standard InChI is InChI=1S/C22H30N4O3/c1-22(2,9-4-11-26-19(27)5-3-6-20(26)28)25-14-12-24(13-15-25)21-17-8-16-29-18(17)7-10-23-21/h7-8,10,16H,3-6,9,11-15H2,1-2H3. The van der Waals surface area contributed by atoms with Crippen LogP contribution in [0.25, 0.3) is 11.0 Å². The molecule has 2 aromatic rings. The van der Waals surface area contributed by atoms with Crippen molar-refractivity contribution in [2.45, 2.75) is 51.5 Å². The lowest BCUT2D eigenvalue weighted by Crippen LogP contribution is -2.55. The predicted octanol–water partition coefficient (Wildman–Crippen LogP) is 3.05. The molecule has 4 heterocycles. The molecule has 0 unspecified atom stereocenters. The highest BCUT2D eigenvalue weighted by molar-refractivity contribution is 5.97. The fourth-order valence-corrected chi connectivity index (χ4v) is 4.53. The van der Waals surface area contributed by atoms with Crippen LogP contribution in [0.15, 0.2) is 29.0 Å². The van der Waals surface area contributed by atoms with Gasteiger partial charge in [0.1, 0.15) is 11.4 Å². The molecular formula is C22H30N4O3. The van der Waals surface area contributed by atoms with Crippen molar-refractivity contribution in [1.29, 1.82) is 0 Å². The lowest BCUT2D eigenvalue weighted by molar-refractivity contribution is -0.148. The maximum atomic E-state index is 12.0. The van der Waals surface area contributed by atoms with Crippen LogP contribution in [0.2, 0.25) is 0 Å². The lowest BCUT2D eigenvalue weighted by atomic mass is 9.94. The Kier molecular flexibility index (Phi) is 5.58. The molecule has 2 aromatic heterocycles. The average Bonchev–Trinajstić information content (AvgIpc) is 3.19. The Labute approximate surface area is 171 Å². The molecule has 2 saturated heterocycles. The number of fused-ring (bicyclic) bond motifs is 1. The van der Waals surface area contributed by atoms with Crippen molar-refractivity contribution in [3.8, 4) is 0 Å². The number of amides is 2. The first-order valence-electron chi connectivity index (χ1n) is 10.6. The second kappa shape index (κ2) is 8.14. The maximum absolute atomic E-state index is 12.0. The highest BCUT2D eigenvalue weighted by Gasteiger charge is 2.31. The van der Waals surface area contributed by atoms with Crippen molar-refractivity contribution >= 4 is 28.6 Å². The van der Waals surface area contributed by atoms with E-state index in [1.807, 2.05) is 12.1 Å². The number of piperazine rings is 1. The summed E-state index contributed by atoms with van der Waals surface area (Å²) in [6, 6.07) is 3.88. The van der Waals surface area contributed by atoms with Gasteiger partial charge >= 0.3 is 0 Å². The normalized spacial score (nSPS) is 19.4. The summed E-state index contributed by atoms with van der Waals surface area (Å²) in [6.45, 7) is 8.84. The molecule has 0 aliphatic carbocycles. The maximum Gasteiger partial charge on any atom is 0.229 e. The smallest absolute Gasteiger partial charge is 0.229 e.